The quantitative estimate of drug-likeness (QED) is 0.588. The number of carbonyl (C=O) groups is 1. The number of aromatic nitrogens is 1. The first kappa shape index (κ1) is 15.9. The van der Waals surface area contributed by atoms with Gasteiger partial charge in [-0.2, -0.15) is 0 Å². The Kier molecular flexibility index (Phi) is 5.01. The van der Waals surface area contributed by atoms with Crippen LogP contribution in [0.3, 0.4) is 0 Å². The highest BCUT2D eigenvalue weighted by molar-refractivity contribution is 5.75. The van der Waals surface area contributed by atoms with Crippen molar-refractivity contribution < 1.29 is 14.8 Å². The van der Waals surface area contributed by atoms with Gasteiger partial charge in [-0.3, -0.25) is 14.9 Å². The first-order valence-corrected chi connectivity index (χ1v) is 6.45. The molecule has 110 valence electrons. The fourth-order valence-electron chi connectivity index (χ4n) is 1.98. The van der Waals surface area contributed by atoms with Crippen LogP contribution in [0.5, 0.6) is 0 Å². The van der Waals surface area contributed by atoms with Gasteiger partial charge in [-0.15, -0.1) is 0 Å². The lowest BCUT2D eigenvalue weighted by Crippen LogP contribution is -2.37. The molecule has 0 saturated carbocycles. The lowest BCUT2D eigenvalue weighted by atomic mass is 9.82. The van der Waals surface area contributed by atoms with Crippen LogP contribution in [0.4, 0.5) is 11.5 Å². The molecule has 0 bridgehead atoms. The number of hydrogen-bond acceptors (Lipinski definition) is 5. The monoisotopic (exact) mass is 281 g/mol. The Hall–Kier alpha value is -2.18. The summed E-state index contributed by atoms with van der Waals surface area (Å²) in [6, 6.07) is 2.86. The van der Waals surface area contributed by atoms with Crippen LogP contribution < -0.4 is 5.32 Å². The molecule has 0 aliphatic heterocycles. The molecular formula is C13H19N3O4. The number of aryl methyl sites for hydroxylation is 1. The van der Waals surface area contributed by atoms with E-state index in [1.54, 1.807) is 6.92 Å². The number of carboxylic acid groups (broad SMARTS) is 1. The molecule has 0 aromatic carbocycles. The zero-order valence-electron chi connectivity index (χ0n) is 11.8. The Morgan fingerprint density at radius 1 is 1.45 bits per heavy atom. The minimum atomic E-state index is -0.853. The Balaban J connectivity index is 2.87. The molecule has 1 rings (SSSR count). The number of hydrogen-bond donors (Lipinski definition) is 2. The third-order valence-electron chi connectivity index (χ3n) is 3.67. The summed E-state index contributed by atoms with van der Waals surface area (Å²) in [7, 11) is 0. The van der Waals surface area contributed by atoms with Gasteiger partial charge in [-0.1, -0.05) is 13.8 Å². The van der Waals surface area contributed by atoms with E-state index in [1.165, 1.54) is 12.1 Å². The van der Waals surface area contributed by atoms with E-state index in [0.29, 0.717) is 24.4 Å². The lowest BCUT2D eigenvalue weighted by molar-refractivity contribution is -0.385. The van der Waals surface area contributed by atoms with Gasteiger partial charge in [0.25, 0.3) is 5.69 Å². The number of aliphatic carboxylic acids is 1. The number of nitrogens with zero attached hydrogens (tertiary/aromatic N) is 2. The maximum Gasteiger partial charge on any atom is 0.311 e. The molecule has 1 heterocycles. The van der Waals surface area contributed by atoms with Gasteiger partial charge >= 0.3 is 5.97 Å². The molecular weight excluding hydrogens is 262 g/mol. The molecule has 0 fully saturated rings. The lowest BCUT2D eigenvalue weighted by Gasteiger charge is -2.27. The average molecular weight is 281 g/mol. The summed E-state index contributed by atoms with van der Waals surface area (Å²) in [5.41, 5.74) is -0.600. The van der Waals surface area contributed by atoms with Gasteiger partial charge < -0.3 is 10.4 Å². The van der Waals surface area contributed by atoms with Crippen molar-refractivity contribution in [1.82, 2.24) is 4.98 Å². The normalized spacial score (nSPS) is 11.2. The van der Waals surface area contributed by atoms with Crippen LogP contribution in [0, 0.1) is 22.5 Å². The summed E-state index contributed by atoms with van der Waals surface area (Å²) >= 11 is 0. The summed E-state index contributed by atoms with van der Waals surface area (Å²) in [5, 5.41) is 23.0. The van der Waals surface area contributed by atoms with Crippen LogP contribution >= 0.6 is 0 Å². The van der Waals surface area contributed by atoms with Gasteiger partial charge in [0.2, 0.25) is 0 Å². The van der Waals surface area contributed by atoms with Crippen LogP contribution in [0.25, 0.3) is 0 Å². The standard InChI is InChI=1S/C13H19N3O4/c1-4-13(5-2,12(17)18)8-14-11-7-6-10(16(19)20)9(3)15-11/h6-7H,4-5,8H2,1-3H3,(H,14,15)(H,17,18). The molecule has 0 unspecified atom stereocenters. The smallest absolute Gasteiger partial charge is 0.311 e. The predicted octanol–water partition coefficient (Wildman–Crippen LogP) is 2.60. The number of carboxylic acids is 1. The van der Waals surface area contributed by atoms with Gasteiger partial charge in [0.1, 0.15) is 11.5 Å². The van der Waals surface area contributed by atoms with Crippen LogP contribution in [0.1, 0.15) is 32.4 Å². The molecule has 0 amide bonds. The fourth-order valence-corrected chi connectivity index (χ4v) is 1.98. The van der Waals surface area contributed by atoms with Crippen molar-refractivity contribution in [2.45, 2.75) is 33.6 Å². The largest absolute Gasteiger partial charge is 0.481 e. The van der Waals surface area contributed by atoms with Gasteiger partial charge in [0.15, 0.2) is 0 Å². The van der Waals surface area contributed by atoms with Crippen molar-refractivity contribution in [1.29, 1.82) is 0 Å². The molecule has 2 N–H and O–H groups in total. The molecule has 1 aromatic rings. The minimum absolute atomic E-state index is 0.0500. The molecule has 7 nitrogen and oxygen atoms in total. The first-order chi connectivity index (χ1) is 9.36. The maximum absolute atomic E-state index is 11.4. The van der Waals surface area contributed by atoms with Gasteiger partial charge in [-0.25, -0.2) is 4.98 Å². The van der Waals surface area contributed by atoms with E-state index in [4.69, 9.17) is 0 Å². The van der Waals surface area contributed by atoms with E-state index in [1.807, 2.05) is 13.8 Å². The zero-order chi connectivity index (χ0) is 15.3. The second-order valence-electron chi connectivity index (χ2n) is 4.70. The third-order valence-corrected chi connectivity index (χ3v) is 3.67. The van der Waals surface area contributed by atoms with Crippen molar-refractivity contribution in [3.8, 4) is 0 Å². The van der Waals surface area contributed by atoms with Crippen LogP contribution in [0.15, 0.2) is 12.1 Å². The molecule has 0 aliphatic carbocycles. The number of pyridine rings is 1. The summed E-state index contributed by atoms with van der Waals surface area (Å²) in [5.74, 6) is -0.408. The Morgan fingerprint density at radius 2 is 2.05 bits per heavy atom. The number of anilines is 1. The molecule has 0 atom stereocenters. The second kappa shape index (κ2) is 6.31. The van der Waals surface area contributed by atoms with Crippen molar-refractivity contribution >= 4 is 17.5 Å². The highest BCUT2D eigenvalue weighted by Crippen LogP contribution is 2.27. The molecule has 0 aliphatic rings. The number of rotatable bonds is 7. The SMILES string of the molecule is CCC(CC)(CNc1ccc([N+](=O)[O-])c(C)n1)C(=O)O. The number of nitro groups is 1. The summed E-state index contributed by atoms with van der Waals surface area (Å²) in [6.45, 7) is 5.44. The molecule has 7 heteroatoms. The Bertz CT molecular complexity index is 512. The zero-order valence-corrected chi connectivity index (χ0v) is 11.8. The summed E-state index contributed by atoms with van der Waals surface area (Å²) in [4.78, 5) is 25.7. The molecule has 0 spiro atoms. The third kappa shape index (κ3) is 3.23. The Labute approximate surface area is 117 Å². The van der Waals surface area contributed by atoms with Crippen molar-refractivity contribution in [3.63, 3.8) is 0 Å². The molecule has 0 saturated heterocycles. The van der Waals surface area contributed by atoms with Crippen molar-refractivity contribution in [2.24, 2.45) is 5.41 Å². The van der Waals surface area contributed by atoms with E-state index in [0.717, 1.165) is 0 Å². The van der Waals surface area contributed by atoms with E-state index < -0.39 is 16.3 Å². The van der Waals surface area contributed by atoms with E-state index in [2.05, 4.69) is 10.3 Å². The van der Waals surface area contributed by atoms with Crippen molar-refractivity contribution in [2.75, 3.05) is 11.9 Å². The van der Waals surface area contributed by atoms with Crippen LogP contribution in [-0.4, -0.2) is 27.5 Å². The summed E-state index contributed by atoms with van der Waals surface area (Å²) in [6.07, 6.45) is 0.996. The topological polar surface area (TPSA) is 105 Å². The minimum Gasteiger partial charge on any atom is -0.481 e. The second-order valence-corrected chi connectivity index (χ2v) is 4.70. The highest BCUT2D eigenvalue weighted by atomic mass is 16.6. The molecule has 1 aromatic heterocycles. The predicted molar refractivity (Wildman–Crippen MR) is 74.8 cm³/mol. The first-order valence-electron chi connectivity index (χ1n) is 6.45. The van der Waals surface area contributed by atoms with Crippen LogP contribution in [0.2, 0.25) is 0 Å². The average Bonchev–Trinajstić information content (AvgIpc) is 2.39. The van der Waals surface area contributed by atoms with Gasteiger partial charge in [-0.05, 0) is 25.8 Å². The van der Waals surface area contributed by atoms with E-state index in [9.17, 15) is 20.0 Å². The highest BCUT2D eigenvalue weighted by Gasteiger charge is 2.34. The molecule has 0 radical (unpaired) electrons. The van der Waals surface area contributed by atoms with Gasteiger partial charge in [0.05, 0.1) is 10.3 Å². The Morgan fingerprint density at radius 3 is 2.45 bits per heavy atom. The summed E-state index contributed by atoms with van der Waals surface area (Å²) < 4.78 is 0. The van der Waals surface area contributed by atoms with Crippen molar-refractivity contribution in [3.05, 3.63) is 27.9 Å². The van der Waals surface area contributed by atoms with Gasteiger partial charge in [0, 0.05) is 12.6 Å². The van der Waals surface area contributed by atoms with Crippen LogP contribution in [-0.2, 0) is 4.79 Å². The van der Waals surface area contributed by atoms with E-state index >= 15 is 0 Å². The maximum atomic E-state index is 11.4. The van der Waals surface area contributed by atoms with E-state index in [-0.39, 0.29) is 12.2 Å². The molecule has 20 heavy (non-hydrogen) atoms. The number of nitrogens with one attached hydrogen (secondary N) is 1. The fraction of sp³-hybridized carbons (Fsp3) is 0.538.